The zero-order valence-electron chi connectivity index (χ0n) is 6.40. The van der Waals surface area contributed by atoms with E-state index in [0.717, 1.165) is 11.8 Å². The van der Waals surface area contributed by atoms with Crippen molar-refractivity contribution in [2.75, 3.05) is 0 Å². The van der Waals surface area contributed by atoms with Crippen LogP contribution in [0.3, 0.4) is 0 Å². The van der Waals surface area contributed by atoms with Crippen molar-refractivity contribution >= 4 is 23.9 Å². The average molecular weight is 190 g/mol. The summed E-state index contributed by atoms with van der Waals surface area (Å²) < 4.78 is 0. The summed E-state index contributed by atoms with van der Waals surface area (Å²) >= 11 is 3.09. The molecule has 0 aliphatic heterocycles. The molecule has 0 aromatic rings. The van der Waals surface area contributed by atoms with E-state index in [0.29, 0.717) is 10.5 Å². The van der Waals surface area contributed by atoms with Gasteiger partial charge in [0.05, 0.1) is 0 Å². The minimum Gasteiger partial charge on any atom is -0.278 e. The number of hydrogen-bond acceptors (Lipinski definition) is 4. The summed E-state index contributed by atoms with van der Waals surface area (Å²) in [5.74, 6) is 1.74. The molecule has 2 unspecified atom stereocenters. The molecule has 2 atom stereocenters. The van der Waals surface area contributed by atoms with Crippen LogP contribution < -0.4 is 10.3 Å². The van der Waals surface area contributed by atoms with Gasteiger partial charge in [0, 0.05) is 10.5 Å². The third kappa shape index (κ3) is 1.30. The first-order valence-corrected chi connectivity index (χ1v) is 5.94. The summed E-state index contributed by atoms with van der Waals surface area (Å²) in [7, 11) is 0. The topological polar surface area (TPSA) is 52.0 Å². The van der Waals surface area contributed by atoms with Crippen LogP contribution in [0.15, 0.2) is 0 Å². The minimum absolute atomic E-state index is 0.704. The SMILES string of the molecule is NSC1CC2CC(SN)C1C2. The highest BCUT2D eigenvalue weighted by molar-refractivity contribution is 7.98. The van der Waals surface area contributed by atoms with Crippen LogP contribution in [0.4, 0.5) is 0 Å². The van der Waals surface area contributed by atoms with Crippen molar-refractivity contribution in [1.29, 1.82) is 0 Å². The zero-order valence-corrected chi connectivity index (χ0v) is 8.03. The van der Waals surface area contributed by atoms with Crippen LogP contribution in [0.5, 0.6) is 0 Å². The van der Waals surface area contributed by atoms with Gasteiger partial charge < -0.3 is 0 Å². The lowest BCUT2D eigenvalue weighted by Gasteiger charge is -2.25. The van der Waals surface area contributed by atoms with Crippen molar-refractivity contribution in [3.8, 4) is 0 Å². The maximum atomic E-state index is 5.60. The molecule has 4 N–H and O–H groups in total. The van der Waals surface area contributed by atoms with E-state index in [1.807, 2.05) is 0 Å². The maximum Gasteiger partial charge on any atom is 0.0232 e. The zero-order chi connectivity index (χ0) is 7.84. The Morgan fingerprint density at radius 3 is 1.82 bits per heavy atom. The third-order valence-corrected chi connectivity index (χ3v) is 4.82. The molecule has 2 bridgehead atoms. The molecule has 2 nitrogen and oxygen atoms in total. The van der Waals surface area contributed by atoms with Crippen molar-refractivity contribution in [2.24, 2.45) is 22.1 Å². The van der Waals surface area contributed by atoms with E-state index in [-0.39, 0.29) is 0 Å². The molecule has 2 saturated carbocycles. The molecule has 2 rings (SSSR count). The lowest BCUT2D eigenvalue weighted by atomic mass is 10.00. The summed E-state index contributed by atoms with van der Waals surface area (Å²) in [5, 5.41) is 12.6. The number of rotatable bonds is 2. The molecule has 2 fully saturated rings. The molecule has 0 heterocycles. The molecule has 0 radical (unpaired) electrons. The molecular formula is C7H14N2S2. The van der Waals surface area contributed by atoms with Gasteiger partial charge in [-0.3, -0.25) is 10.3 Å². The Bertz CT molecular complexity index is 139. The number of hydrogen-bond donors (Lipinski definition) is 2. The van der Waals surface area contributed by atoms with Crippen LogP contribution in [0.25, 0.3) is 0 Å². The van der Waals surface area contributed by atoms with E-state index in [2.05, 4.69) is 0 Å². The van der Waals surface area contributed by atoms with Gasteiger partial charge in [0.2, 0.25) is 0 Å². The van der Waals surface area contributed by atoms with E-state index < -0.39 is 0 Å². The normalized spacial score (nSPS) is 48.5. The summed E-state index contributed by atoms with van der Waals surface area (Å²) in [4.78, 5) is 0. The molecule has 64 valence electrons. The Hall–Kier alpha value is 0.620. The van der Waals surface area contributed by atoms with Crippen LogP contribution in [0.2, 0.25) is 0 Å². The van der Waals surface area contributed by atoms with Crippen LogP contribution in [-0.4, -0.2) is 10.5 Å². The Morgan fingerprint density at radius 1 is 0.909 bits per heavy atom. The molecule has 0 spiro atoms. The fourth-order valence-corrected chi connectivity index (χ4v) is 4.41. The van der Waals surface area contributed by atoms with Crippen LogP contribution in [0.1, 0.15) is 19.3 Å². The van der Waals surface area contributed by atoms with E-state index in [4.69, 9.17) is 10.3 Å². The monoisotopic (exact) mass is 190 g/mol. The Morgan fingerprint density at radius 2 is 1.45 bits per heavy atom. The summed E-state index contributed by atoms with van der Waals surface area (Å²) in [6.07, 6.45) is 4.05. The highest BCUT2D eigenvalue weighted by Gasteiger charge is 2.45. The van der Waals surface area contributed by atoms with Crippen LogP contribution >= 0.6 is 23.9 Å². The predicted molar refractivity (Wildman–Crippen MR) is 52.0 cm³/mol. The molecular weight excluding hydrogens is 176 g/mol. The second kappa shape index (κ2) is 3.17. The molecule has 0 aromatic heterocycles. The van der Waals surface area contributed by atoms with Crippen molar-refractivity contribution in [1.82, 2.24) is 0 Å². The van der Waals surface area contributed by atoms with Crippen molar-refractivity contribution in [2.45, 2.75) is 29.8 Å². The fourth-order valence-electron chi connectivity index (χ4n) is 2.54. The van der Waals surface area contributed by atoms with Gasteiger partial charge in [-0.05, 0) is 31.1 Å². The van der Waals surface area contributed by atoms with Crippen molar-refractivity contribution < 1.29 is 0 Å². The fraction of sp³-hybridized carbons (Fsp3) is 1.00. The lowest BCUT2D eigenvalue weighted by molar-refractivity contribution is 0.504. The highest BCUT2D eigenvalue weighted by Crippen LogP contribution is 2.51. The van der Waals surface area contributed by atoms with Gasteiger partial charge in [0.25, 0.3) is 0 Å². The van der Waals surface area contributed by atoms with Gasteiger partial charge in [-0.1, -0.05) is 23.9 Å². The molecule has 4 heteroatoms. The molecule has 11 heavy (non-hydrogen) atoms. The smallest absolute Gasteiger partial charge is 0.0232 e. The van der Waals surface area contributed by atoms with E-state index >= 15 is 0 Å². The van der Waals surface area contributed by atoms with E-state index in [9.17, 15) is 0 Å². The van der Waals surface area contributed by atoms with Crippen LogP contribution in [0, 0.1) is 11.8 Å². The quantitative estimate of drug-likeness (QED) is 0.646. The molecule has 0 saturated heterocycles. The summed E-state index contributed by atoms with van der Waals surface area (Å²) in [6, 6.07) is 0. The maximum absolute atomic E-state index is 5.60. The second-order valence-electron chi connectivity index (χ2n) is 3.59. The van der Waals surface area contributed by atoms with Crippen LogP contribution in [-0.2, 0) is 0 Å². The Balaban J connectivity index is 2.02. The minimum atomic E-state index is 0.704. The summed E-state index contributed by atoms with van der Waals surface area (Å²) in [5.41, 5.74) is 0. The Kier molecular flexibility index (Phi) is 2.37. The lowest BCUT2D eigenvalue weighted by Crippen LogP contribution is -2.26. The first kappa shape index (κ1) is 8.23. The molecule has 2 aliphatic carbocycles. The molecule has 0 amide bonds. The van der Waals surface area contributed by atoms with Gasteiger partial charge in [0.1, 0.15) is 0 Å². The van der Waals surface area contributed by atoms with E-state index in [1.54, 1.807) is 23.9 Å². The van der Waals surface area contributed by atoms with Gasteiger partial charge in [-0.2, -0.15) is 0 Å². The predicted octanol–water partition coefficient (Wildman–Crippen LogP) is 1.37. The molecule has 0 aromatic carbocycles. The Labute approximate surface area is 76.1 Å². The van der Waals surface area contributed by atoms with Gasteiger partial charge >= 0.3 is 0 Å². The first-order valence-electron chi connectivity index (χ1n) is 4.06. The van der Waals surface area contributed by atoms with Crippen molar-refractivity contribution in [3.05, 3.63) is 0 Å². The standard InChI is InChI=1S/C7H14N2S2/c8-10-6-2-4-1-5(6)7(3-4)11-9/h4-7H,1-3,8-9H2. The van der Waals surface area contributed by atoms with Gasteiger partial charge in [0.15, 0.2) is 0 Å². The molecule has 2 aliphatic rings. The number of fused-ring (bicyclic) bond motifs is 2. The average Bonchev–Trinajstić information content (AvgIpc) is 2.60. The number of nitrogens with two attached hydrogens (primary N) is 2. The second-order valence-corrected chi connectivity index (χ2v) is 5.34. The van der Waals surface area contributed by atoms with E-state index in [1.165, 1.54) is 19.3 Å². The van der Waals surface area contributed by atoms with Crippen molar-refractivity contribution in [3.63, 3.8) is 0 Å². The highest BCUT2D eigenvalue weighted by atomic mass is 32.2. The third-order valence-electron chi connectivity index (χ3n) is 3.04. The van der Waals surface area contributed by atoms with Gasteiger partial charge in [-0.25, -0.2) is 0 Å². The van der Waals surface area contributed by atoms with Gasteiger partial charge in [-0.15, -0.1) is 0 Å². The first-order chi connectivity index (χ1) is 5.35. The largest absolute Gasteiger partial charge is 0.278 e. The summed E-state index contributed by atoms with van der Waals surface area (Å²) in [6.45, 7) is 0.